The van der Waals surface area contributed by atoms with Crippen LogP contribution in [0.4, 0.5) is 11.4 Å². The molecular weight excluding hydrogens is 399 g/mol. The third-order valence-electron chi connectivity index (χ3n) is 2.75. The van der Waals surface area contributed by atoms with Crippen molar-refractivity contribution in [3.8, 4) is 0 Å². The highest BCUT2D eigenvalue weighted by molar-refractivity contribution is 7.80. The number of carbonyl (C=O) groups excluding carboxylic acids is 1. The monoisotopic (exact) mass is 412 g/mol. The van der Waals surface area contributed by atoms with Crippen LogP contribution in [-0.2, 0) is 4.79 Å². The Labute approximate surface area is 159 Å². The molecule has 0 aromatic heterocycles. The summed E-state index contributed by atoms with van der Waals surface area (Å²) in [7, 11) is 0. The Hall–Kier alpha value is -1.35. The van der Waals surface area contributed by atoms with Crippen molar-refractivity contribution < 1.29 is 9.72 Å². The number of rotatable bonds is 5. The zero-order valence-electron chi connectivity index (χ0n) is 12.7. The molecule has 24 heavy (non-hydrogen) atoms. The van der Waals surface area contributed by atoms with Crippen LogP contribution < -0.4 is 16.0 Å². The van der Waals surface area contributed by atoms with Crippen LogP contribution in [0, 0.1) is 16.0 Å². The summed E-state index contributed by atoms with van der Waals surface area (Å²) in [5, 5.41) is 18.7. The highest BCUT2D eigenvalue weighted by atomic mass is 35.6. The summed E-state index contributed by atoms with van der Waals surface area (Å²) < 4.78 is -1.84. The number of halogens is 3. The van der Waals surface area contributed by atoms with E-state index in [4.69, 9.17) is 47.0 Å². The zero-order valence-corrected chi connectivity index (χ0v) is 15.8. The number of amides is 1. The Morgan fingerprint density at radius 2 is 1.75 bits per heavy atom. The lowest BCUT2D eigenvalue weighted by atomic mass is 10.2. The molecule has 1 rings (SSSR count). The molecule has 0 saturated heterocycles. The van der Waals surface area contributed by atoms with Gasteiger partial charge in [-0.2, -0.15) is 0 Å². The summed E-state index contributed by atoms with van der Waals surface area (Å²) >= 11 is 22.6. The molecule has 0 radical (unpaired) electrons. The number of carbonyl (C=O) groups is 1. The molecule has 1 aromatic carbocycles. The van der Waals surface area contributed by atoms with Gasteiger partial charge in [0.15, 0.2) is 5.11 Å². The van der Waals surface area contributed by atoms with Gasteiger partial charge in [-0.05, 0) is 24.4 Å². The lowest BCUT2D eigenvalue weighted by Gasteiger charge is -2.28. The first-order valence-corrected chi connectivity index (χ1v) is 8.24. The van der Waals surface area contributed by atoms with Crippen LogP contribution in [0.5, 0.6) is 0 Å². The van der Waals surface area contributed by atoms with Crippen molar-refractivity contribution in [3.63, 3.8) is 0 Å². The van der Waals surface area contributed by atoms with Crippen LogP contribution in [-0.4, -0.2) is 25.9 Å². The number of anilines is 1. The van der Waals surface area contributed by atoms with Crippen molar-refractivity contribution in [2.75, 3.05) is 5.32 Å². The molecule has 0 unspecified atom stereocenters. The molecule has 1 amide bonds. The van der Waals surface area contributed by atoms with Crippen LogP contribution in [0.1, 0.15) is 13.8 Å². The Morgan fingerprint density at radius 3 is 2.17 bits per heavy atom. The fourth-order valence-electron chi connectivity index (χ4n) is 1.47. The van der Waals surface area contributed by atoms with E-state index in [0.717, 1.165) is 0 Å². The maximum absolute atomic E-state index is 11.8. The lowest BCUT2D eigenvalue weighted by Crippen LogP contribution is -2.56. The number of nitro groups is 1. The molecule has 0 aliphatic heterocycles. The van der Waals surface area contributed by atoms with E-state index in [-0.39, 0.29) is 22.6 Å². The number of hydrogen-bond acceptors (Lipinski definition) is 4. The van der Waals surface area contributed by atoms with Gasteiger partial charge in [-0.3, -0.25) is 14.9 Å². The first kappa shape index (κ1) is 20.7. The third kappa shape index (κ3) is 6.64. The van der Waals surface area contributed by atoms with E-state index in [1.807, 2.05) is 0 Å². The molecule has 132 valence electrons. The summed E-state index contributed by atoms with van der Waals surface area (Å²) in [5.41, 5.74) is 0.444. The molecule has 0 aliphatic carbocycles. The van der Waals surface area contributed by atoms with Crippen molar-refractivity contribution >= 4 is 69.4 Å². The molecule has 3 N–H and O–H groups in total. The van der Waals surface area contributed by atoms with Crippen LogP contribution in [0.15, 0.2) is 24.3 Å². The minimum atomic E-state index is -1.84. The minimum Gasteiger partial charge on any atom is -0.339 e. The van der Waals surface area contributed by atoms with E-state index in [2.05, 4.69) is 16.0 Å². The molecule has 0 fully saturated rings. The molecule has 11 heteroatoms. The Bertz CT molecular complexity index is 620. The van der Waals surface area contributed by atoms with E-state index >= 15 is 0 Å². The van der Waals surface area contributed by atoms with Crippen LogP contribution in [0.2, 0.25) is 0 Å². The maximum atomic E-state index is 11.8. The summed E-state index contributed by atoms with van der Waals surface area (Å²) in [4.78, 5) is 21.9. The fourth-order valence-corrected chi connectivity index (χ4v) is 2.04. The van der Waals surface area contributed by atoms with Gasteiger partial charge in [0.25, 0.3) is 5.69 Å². The zero-order chi connectivity index (χ0) is 18.5. The largest absolute Gasteiger partial charge is 0.339 e. The first-order valence-electron chi connectivity index (χ1n) is 6.69. The van der Waals surface area contributed by atoms with Gasteiger partial charge in [0.05, 0.1) is 4.92 Å². The SMILES string of the molecule is CC(C)C(=O)N[C@@H](NC(=S)Nc1ccc([N+](=O)[O-])cc1)C(Cl)(Cl)Cl. The van der Waals surface area contributed by atoms with Crippen molar-refractivity contribution in [1.29, 1.82) is 0 Å². The average Bonchev–Trinajstić information content (AvgIpc) is 2.45. The molecule has 0 spiro atoms. The van der Waals surface area contributed by atoms with E-state index in [1.165, 1.54) is 24.3 Å². The minimum absolute atomic E-state index is 0.0530. The number of thiocarbonyl (C=S) groups is 1. The van der Waals surface area contributed by atoms with Gasteiger partial charge >= 0.3 is 0 Å². The predicted molar refractivity (Wildman–Crippen MR) is 99.5 cm³/mol. The number of hydrogen-bond donors (Lipinski definition) is 3. The highest BCUT2D eigenvalue weighted by Crippen LogP contribution is 2.29. The number of nitrogens with one attached hydrogen (secondary N) is 3. The normalized spacial score (nSPS) is 12.4. The van der Waals surface area contributed by atoms with Crippen molar-refractivity contribution in [3.05, 3.63) is 34.4 Å². The topological polar surface area (TPSA) is 96.3 Å². The number of alkyl halides is 3. The second-order valence-corrected chi connectivity index (χ2v) is 7.82. The summed E-state index contributed by atoms with van der Waals surface area (Å²) in [5.74, 6) is -0.630. The van der Waals surface area contributed by atoms with E-state index in [0.29, 0.717) is 5.69 Å². The Kier molecular flexibility index (Phi) is 7.47. The van der Waals surface area contributed by atoms with Crippen molar-refractivity contribution in [2.45, 2.75) is 23.8 Å². The van der Waals surface area contributed by atoms with Gasteiger partial charge in [-0.1, -0.05) is 48.7 Å². The lowest BCUT2D eigenvalue weighted by molar-refractivity contribution is -0.384. The van der Waals surface area contributed by atoms with Gasteiger partial charge in [0.2, 0.25) is 9.70 Å². The maximum Gasteiger partial charge on any atom is 0.269 e. The molecule has 7 nitrogen and oxygen atoms in total. The Morgan fingerprint density at radius 1 is 1.21 bits per heavy atom. The third-order valence-corrected chi connectivity index (χ3v) is 3.62. The second-order valence-electron chi connectivity index (χ2n) is 5.04. The quantitative estimate of drug-likeness (QED) is 0.225. The molecule has 1 aromatic rings. The first-order chi connectivity index (χ1) is 11.0. The number of nitrogens with zero attached hydrogens (tertiary/aromatic N) is 1. The van der Waals surface area contributed by atoms with Crippen molar-refractivity contribution in [2.24, 2.45) is 5.92 Å². The smallest absolute Gasteiger partial charge is 0.269 e. The van der Waals surface area contributed by atoms with Crippen molar-refractivity contribution in [1.82, 2.24) is 10.6 Å². The molecular formula is C13H15Cl3N4O3S. The standard InChI is InChI=1S/C13H15Cl3N4O3S/c1-7(2)10(21)18-11(13(14,15)16)19-12(24)17-8-3-5-9(6-4-8)20(22)23/h3-7,11H,1-2H3,(H,18,21)(H2,17,19,24)/t11-/m0/s1. The summed E-state index contributed by atoms with van der Waals surface area (Å²) in [6, 6.07) is 5.59. The molecule has 0 heterocycles. The summed E-state index contributed by atoms with van der Waals surface area (Å²) in [6.45, 7) is 3.39. The number of benzene rings is 1. The van der Waals surface area contributed by atoms with E-state index < -0.39 is 14.9 Å². The molecule has 0 bridgehead atoms. The Balaban J connectivity index is 2.74. The average molecular weight is 414 g/mol. The molecule has 0 saturated carbocycles. The van der Waals surface area contributed by atoms with Gasteiger partial charge in [-0.15, -0.1) is 0 Å². The van der Waals surface area contributed by atoms with Gasteiger partial charge < -0.3 is 16.0 Å². The summed E-state index contributed by atoms with van der Waals surface area (Å²) in [6.07, 6.45) is -1.06. The van der Waals surface area contributed by atoms with Crippen LogP contribution >= 0.6 is 47.0 Å². The van der Waals surface area contributed by atoms with Gasteiger partial charge in [0, 0.05) is 23.7 Å². The molecule has 1 atom stereocenters. The molecule has 0 aliphatic rings. The highest BCUT2D eigenvalue weighted by Gasteiger charge is 2.35. The van der Waals surface area contributed by atoms with E-state index in [1.54, 1.807) is 13.8 Å². The second kappa shape index (κ2) is 8.66. The fraction of sp³-hybridized carbons (Fsp3) is 0.385. The van der Waals surface area contributed by atoms with Crippen LogP contribution in [0.3, 0.4) is 0 Å². The number of nitro benzene ring substituents is 1. The predicted octanol–water partition coefficient (Wildman–Crippen LogP) is 3.35. The van der Waals surface area contributed by atoms with E-state index in [9.17, 15) is 14.9 Å². The van der Waals surface area contributed by atoms with Gasteiger partial charge in [0.1, 0.15) is 6.17 Å². The van der Waals surface area contributed by atoms with Crippen LogP contribution in [0.25, 0.3) is 0 Å². The number of non-ortho nitro benzene ring substituents is 1. The van der Waals surface area contributed by atoms with Gasteiger partial charge in [-0.25, -0.2) is 0 Å².